The van der Waals surface area contributed by atoms with E-state index < -0.39 is 0 Å². The molecule has 0 aromatic heterocycles. The fourth-order valence-electron chi connectivity index (χ4n) is 1.83. The van der Waals surface area contributed by atoms with Crippen LogP contribution in [-0.2, 0) is 4.79 Å². The van der Waals surface area contributed by atoms with Crippen LogP contribution in [0.2, 0.25) is 0 Å². The lowest BCUT2D eigenvalue weighted by Crippen LogP contribution is -2.38. The highest BCUT2D eigenvalue weighted by molar-refractivity contribution is 6.18. The normalized spacial score (nSPS) is 19.1. The Morgan fingerprint density at radius 2 is 2.08 bits per heavy atom. The molecule has 0 spiro atoms. The molecule has 1 aliphatic heterocycles. The van der Waals surface area contributed by atoms with Gasteiger partial charge in [-0.3, -0.25) is 4.79 Å². The van der Waals surface area contributed by atoms with E-state index in [4.69, 9.17) is 11.6 Å². The van der Waals surface area contributed by atoms with Crippen LogP contribution in [-0.4, -0.2) is 29.8 Å². The SMILES string of the molecule is CCC1CCN(C(=O)CCCl)CC1. The fraction of sp³-hybridized carbons (Fsp3) is 0.900. The van der Waals surface area contributed by atoms with E-state index in [0.717, 1.165) is 19.0 Å². The molecule has 1 heterocycles. The van der Waals surface area contributed by atoms with Crippen LogP contribution in [0.5, 0.6) is 0 Å². The van der Waals surface area contributed by atoms with Gasteiger partial charge in [0.2, 0.25) is 5.91 Å². The molecule has 0 radical (unpaired) electrons. The molecule has 0 bridgehead atoms. The molecule has 1 amide bonds. The fourth-order valence-corrected chi connectivity index (χ4v) is 1.99. The second-order valence-corrected chi connectivity index (χ2v) is 4.05. The third-order valence-electron chi connectivity index (χ3n) is 2.85. The molecule has 1 saturated heterocycles. The van der Waals surface area contributed by atoms with Crippen molar-refractivity contribution in [3.8, 4) is 0 Å². The van der Waals surface area contributed by atoms with Crippen LogP contribution in [0.25, 0.3) is 0 Å². The van der Waals surface area contributed by atoms with Crippen molar-refractivity contribution in [3.05, 3.63) is 0 Å². The van der Waals surface area contributed by atoms with Crippen LogP contribution < -0.4 is 0 Å². The number of piperidine rings is 1. The largest absolute Gasteiger partial charge is 0.343 e. The number of carbonyl (C=O) groups is 1. The topological polar surface area (TPSA) is 20.3 Å². The monoisotopic (exact) mass is 203 g/mol. The minimum Gasteiger partial charge on any atom is -0.343 e. The lowest BCUT2D eigenvalue weighted by Gasteiger charge is -2.31. The number of amides is 1. The number of rotatable bonds is 3. The minimum absolute atomic E-state index is 0.226. The number of hydrogen-bond acceptors (Lipinski definition) is 1. The lowest BCUT2D eigenvalue weighted by molar-refractivity contribution is -0.132. The summed E-state index contributed by atoms with van der Waals surface area (Å²) in [5.41, 5.74) is 0. The number of hydrogen-bond donors (Lipinski definition) is 0. The highest BCUT2D eigenvalue weighted by Gasteiger charge is 2.20. The zero-order valence-electron chi connectivity index (χ0n) is 8.26. The second-order valence-electron chi connectivity index (χ2n) is 3.67. The van der Waals surface area contributed by atoms with Gasteiger partial charge in [0.1, 0.15) is 0 Å². The molecule has 0 unspecified atom stereocenters. The Labute approximate surface area is 85.2 Å². The maximum atomic E-state index is 11.4. The molecule has 0 atom stereocenters. The van der Waals surface area contributed by atoms with Gasteiger partial charge in [-0.2, -0.15) is 0 Å². The summed E-state index contributed by atoms with van der Waals surface area (Å²) in [6.07, 6.45) is 4.09. The van der Waals surface area contributed by atoms with Crippen molar-refractivity contribution in [3.63, 3.8) is 0 Å². The Bertz CT molecular complexity index is 164. The summed E-state index contributed by atoms with van der Waals surface area (Å²) in [6.45, 7) is 4.10. The first kappa shape index (κ1) is 10.8. The summed E-state index contributed by atoms with van der Waals surface area (Å²) in [5.74, 6) is 1.51. The summed E-state index contributed by atoms with van der Waals surface area (Å²) >= 11 is 5.52. The van der Waals surface area contributed by atoms with Gasteiger partial charge < -0.3 is 4.90 Å². The van der Waals surface area contributed by atoms with Crippen molar-refractivity contribution in [1.82, 2.24) is 4.90 Å². The van der Waals surface area contributed by atoms with Crippen LogP contribution in [0.3, 0.4) is 0 Å². The highest BCUT2D eigenvalue weighted by Crippen LogP contribution is 2.20. The number of carbonyl (C=O) groups excluding carboxylic acids is 1. The van der Waals surface area contributed by atoms with Crippen molar-refractivity contribution in [1.29, 1.82) is 0 Å². The molecule has 1 rings (SSSR count). The average Bonchev–Trinajstić information content (AvgIpc) is 2.18. The Morgan fingerprint density at radius 1 is 1.46 bits per heavy atom. The Morgan fingerprint density at radius 3 is 2.54 bits per heavy atom. The molecular formula is C10H18ClNO. The van der Waals surface area contributed by atoms with Crippen LogP contribution in [0.4, 0.5) is 0 Å². The van der Waals surface area contributed by atoms with Gasteiger partial charge in [0.05, 0.1) is 0 Å². The molecule has 2 nitrogen and oxygen atoms in total. The van der Waals surface area contributed by atoms with Gasteiger partial charge in [-0.25, -0.2) is 0 Å². The number of alkyl halides is 1. The first-order chi connectivity index (χ1) is 6.27. The predicted molar refractivity (Wildman–Crippen MR) is 54.9 cm³/mol. The molecular weight excluding hydrogens is 186 g/mol. The highest BCUT2D eigenvalue weighted by atomic mass is 35.5. The standard InChI is InChI=1S/C10H18ClNO/c1-2-9-4-7-12(8-5-9)10(13)3-6-11/h9H,2-8H2,1H3. The van der Waals surface area contributed by atoms with Gasteiger partial charge in [0.25, 0.3) is 0 Å². The first-order valence-corrected chi connectivity index (χ1v) is 5.65. The average molecular weight is 204 g/mol. The van der Waals surface area contributed by atoms with Crippen LogP contribution >= 0.6 is 11.6 Å². The minimum atomic E-state index is 0.226. The summed E-state index contributed by atoms with van der Waals surface area (Å²) in [7, 11) is 0. The quantitative estimate of drug-likeness (QED) is 0.645. The van der Waals surface area contributed by atoms with Gasteiger partial charge in [-0.05, 0) is 18.8 Å². The summed E-state index contributed by atoms with van der Waals surface area (Å²) in [4.78, 5) is 13.4. The van der Waals surface area contributed by atoms with E-state index in [-0.39, 0.29) is 5.91 Å². The van der Waals surface area contributed by atoms with Crippen LogP contribution in [0.15, 0.2) is 0 Å². The second kappa shape index (κ2) is 5.48. The van der Waals surface area contributed by atoms with Gasteiger partial charge >= 0.3 is 0 Å². The third-order valence-corrected chi connectivity index (χ3v) is 3.04. The Kier molecular flexibility index (Phi) is 4.57. The molecule has 0 aliphatic carbocycles. The number of nitrogens with zero attached hydrogens (tertiary/aromatic N) is 1. The zero-order valence-corrected chi connectivity index (χ0v) is 9.02. The molecule has 0 N–H and O–H groups in total. The van der Waals surface area contributed by atoms with Crippen molar-refractivity contribution in [2.24, 2.45) is 5.92 Å². The first-order valence-electron chi connectivity index (χ1n) is 5.11. The third kappa shape index (κ3) is 3.18. The maximum Gasteiger partial charge on any atom is 0.223 e. The molecule has 1 fully saturated rings. The zero-order chi connectivity index (χ0) is 9.68. The molecule has 76 valence electrons. The van der Waals surface area contributed by atoms with E-state index in [0.29, 0.717) is 12.3 Å². The Balaban J connectivity index is 2.28. The van der Waals surface area contributed by atoms with Gasteiger partial charge in [0.15, 0.2) is 0 Å². The molecule has 13 heavy (non-hydrogen) atoms. The van der Waals surface area contributed by atoms with E-state index in [1.54, 1.807) is 0 Å². The van der Waals surface area contributed by atoms with E-state index in [2.05, 4.69) is 6.92 Å². The van der Waals surface area contributed by atoms with Crippen molar-refractivity contribution in [2.75, 3.05) is 19.0 Å². The Hall–Kier alpha value is -0.240. The summed E-state index contributed by atoms with van der Waals surface area (Å²) < 4.78 is 0. The van der Waals surface area contributed by atoms with E-state index in [1.807, 2.05) is 4.90 Å². The molecule has 0 saturated carbocycles. The smallest absolute Gasteiger partial charge is 0.223 e. The van der Waals surface area contributed by atoms with Gasteiger partial charge in [0, 0.05) is 25.4 Å². The van der Waals surface area contributed by atoms with Crippen molar-refractivity contribution < 1.29 is 4.79 Å². The molecule has 3 heteroatoms. The van der Waals surface area contributed by atoms with Gasteiger partial charge in [-0.15, -0.1) is 11.6 Å². The number of likely N-dealkylation sites (tertiary alicyclic amines) is 1. The number of halogens is 1. The van der Waals surface area contributed by atoms with Crippen molar-refractivity contribution in [2.45, 2.75) is 32.6 Å². The van der Waals surface area contributed by atoms with E-state index in [1.165, 1.54) is 19.3 Å². The lowest BCUT2D eigenvalue weighted by atomic mass is 9.94. The summed E-state index contributed by atoms with van der Waals surface area (Å²) in [6, 6.07) is 0. The summed E-state index contributed by atoms with van der Waals surface area (Å²) in [5, 5.41) is 0. The van der Waals surface area contributed by atoms with Crippen LogP contribution in [0.1, 0.15) is 32.6 Å². The van der Waals surface area contributed by atoms with E-state index >= 15 is 0 Å². The van der Waals surface area contributed by atoms with Crippen LogP contribution in [0, 0.1) is 5.92 Å². The molecule has 0 aromatic carbocycles. The maximum absolute atomic E-state index is 11.4. The molecule has 0 aromatic rings. The van der Waals surface area contributed by atoms with Crippen molar-refractivity contribution >= 4 is 17.5 Å². The van der Waals surface area contributed by atoms with E-state index in [9.17, 15) is 4.79 Å². The van der Waals surface area contributed by atoms with Gasteiger partial charge in [-0.1, -0.05) is 13.3 Å². The molecule has 1 aliphatic rings. The predicted octanol–water partition coefficient (Wildman–Crippen LogP) is 2.26.